The lowest BCUT2D eigenvalue weighted by molar-refractivity contribution is -0.153. The minimum atomic E-state index is -4.82. The van der Waals surface area contributed by atoms with Gasteiger partial charge >= 0.3 is 12.4 Å². The van der Waals surface area contributed by atoms with Gasteiger partial charge in [0.25, 0.3) is 11.8 Å². The first-order chi connectivity index (χ1) is 20.5. The maximum atomic E-state index is 13.6. The van der Waals surface area contributed by atoms with E-state index in [4.69, 9.17) is 10.00 Å². The van der Waals surface area contributed by atoms with Crippen LogP contribution < -0.4 is 14.8 Å². The van der Waals surface area contributed by atoms with Crippen molar-refractivity contribution in [3.05, 3.63) is 70.2 Å². The number of nitrogens with one attached hydrogen (secondary N) is 2. The molecule has 44 heavy (non-hydrogen) atoms. The number of hydrogen-bond acceptors (Lipinski definition) is 8. The van der Waals surface area contributed by atoms with E-state index in [1.54, 1.807) is 4.72 Å². The topological polar surface area (TPSA) is 156 Å². The van der Waals surface area contributed by atoms with E-state index in [1.165, 1.54) is 30.3 Å². The second-order valence-corrected chi connectivity index (χ2v) is 12.0. The van der Waals surface area contributed by atoms with Crippen molar-refractivity contribution in [3.8, 4) is 17.6 Å². The summed E-state index contributed by atoms with van der Waals surface area (Å²) in [6.07, 6.45) is -9.35. The molecule has 0 radical (unpaired) electrons. The number of carbonyl (C=O) groups is 2. The SMILES string of the molecule is N#Cc1ccc(-n2nc3c(c2C(=O)NS(=O)(=O)CCC(F)(F)F)C(=O)N[C@@]2(CCc4cc(OCC(F)(F)F)ccc42)C3)nc1. The van der Waals surface area contributed by atoms with Gasteiger partial charge in [0.1, 0.15) is 17.5 Å². The van der Waals surface area contributed by atoms with Gasteiger partial charge in [0.15, 0.2) is 12.4 Å². The first kappa shape index (κ1) is 30.8. The summed E-state index contributed by atoms with van der Waals surface area (Å²) in [5, 5.41) is 16.3. The third-order valence-corrected chi connectivity index (χ3v) is 8.27. The minimum absolute atomic E-state index is 0.0252. The molecule has 0 unspecified atom stereocenters. The molecule has 2 amide bonds. The number of rotatable bonds is 7. The molecule has 3 aromatic rings. The number of aromatic nitrogens is 3. The summed E-state index contributed by atoms with van der Waals surface area (Å²) in [7, 11) is -4.81. The number of nitriles is 1. The highest BCUT2D eigenvalue weighted by atomic mass is 32.2. The van der Waals surface area contributed by atoms with Crippen molar-refractivity contribution in [2.45, 2.75) is 43.6 Å². The molecule has 0 fully saturated rings. The molecule has 1 aromatic carbocycles. The van der Waals surface area contributed by atoms with Crippen molar-refractivity contribution in [3.63, 3.8) is 0 Å². The first-order valence-electron chi connectivity index (χ1n) is 12.7. The van der Waals surface area contributed by atoms with E-state index >= 15 is 0 Å². The van der Waals surface area contributed by atoms with E-state index in [1.807, 2.05) is 6.07 Å². The second-order valence-electron chi connectivity index (χ2n) is 10.2. The van der Waals surface area contributed by atoms with Gasteiger partial charge in [-0.2, -0.15) is 36.7 Å². The number of hydrogen-bond donors (Lipinski definition) is 2. The Balaban J connectivity index is 1.52. The third kappa shape index (κ3) is 6.32. The molecule has 1 aliphatic heterocycles. The molecule has 1 spiro atoms. The Morgan fingerprint density at radius 1 is 1.16 bits per heavy atom. The molecule has 2 aliphatic rings. The second kappa shape index (κ2) is 10.8. The Hall–Kier alpha value is -4.66. The fraction of sp³-hybridized carbons (Fsp3) is 0.346. The summed E-state index contributed by atoms with van der Waals surface area (Å²) in [5.41, 5.74) is -0.713. The molecule has 0 saturated carbocycles. The smallest absolute Gasteiger partial charge is 0.422 e. The molecule has 5 rings (SSSR count). The predicted molar refractivity (Wildman–Crippen MR) is 137 cm³/mol. The minimum Gasteiger partial charge on any atom is -0.484 e. The molecule has 1 atom stereocenters. The molecular formula is C26H20F6N6O5S. The Labute approximate surface area is 244 Å². The van der Waals surface area contributed by atoms with Gasteiger partial charge in [-0.3, -0.25) is 9.59 Å². The molecule has 2 aromatic heterocycles. The molecular weight excluding hydrogens is 622 g/mol. The number of alkyl halides is 6. The van der Waals surface area contributed by atoms with Crippen LogP contribution in [0.1, 0.15) is 56.1 Å². The monoisotopic (exact) mass is 642 g/mol. The van der Waals surface area contributed by atoms with Crippen LogP contribution in [0.2, 0.25) is 0 Å². The maximum Gasteiger partial charge on any atom is 0.422 e. The fourth-order valence-electron chi connectivity index (χ4n) is 5.17. The average molecular weight is 643 g/mol. The summed E-state index contributed by atoms with van der Waals surface area (Å²) in [4.78, 5) is 30.9. The van der Waals surface area contributed by atoms with Crippen LogP contribution in [0.5, 0.6) is 5.75 Å². The van der Waals surface area contributed by atoms with Crippen LogP contribution in [0.3, 0.4) is 0 Å². The van der Waals surface area contributed by atoms with Gasteiger partial charge in [0.05, 0.1) is 34.5 Å². The molecule has 0 bridgehead atoms. The largest absolute Gasteiger partial charge is 0.484 e. The number of aryl methyl sites for hydroxylation is 1. The van der Waals surface area contributed by atoms with Crippen molar-refractivity contribution >= 4 is 21.8 Å². The number of ether oxygens (including phenoxy) is 1. The highest BCUT2D eigenvalue weighted by Crippen LogP contribution is 2.44. The number of pyridine rings is 1. The van der Waals surface area contributed by atoms with Crippen molar-refractivity contribution in [1.29, 1.82) is 5.26 Å². The van der Waals surface area contributed by atoms with Crippen LogP contribution in [-0.2, 0) is 28.4 Å². The molecule has 232 valence electrons. The Morgan fingerprint density at radius 2 is 1.91 bits per heavy atom. The Morgan fingerprint density at radius 3 is 2.55 bits per heavy atom. The first-order valence-corrected chi connectivity index (χ1v) is 14.4. The number of fused-ring (bicyclic) bond motifs is 3. The van der Waals surface area contributed by atoms with Crippen LogP contribution in [0.25, 0.3) is 5.82 Å². The number of benzene rings is 1. The number of sulfonamides is 1. The van der Waals surface area contributed by atoms with Gasteiger partial charge < -0.3 is 10.1 Å². The van der Waals surface area contributed by atoms with Crippen molar-refractivity contribution in [1.82, 2.24) is 24.8 Å². The summed E-state index contributed by atoms with van der Waals surface area (Å²) < 4.78 is 108. The molecule has 1 aliphatic carbocycles. The summed E-state index contributed by atoms with van der Waals surface area (Å²) in [6, 6.07) is 8.70. The van der Waals surface area contributed by atoms with Gasteiger partial charge in [-0.05, 0) is 48.2 Å². The number of halogens is 6. The zero-order valence-corrected chi connectivity index (χ0v) is 23.0. The molecule has 11 nitrogen and oxygen atoms in total. The van der Waals surface area contributed by atoms with E-state index in [2.05, 4.69) is 15.4 Å². The highest BCUT2D eigenvalue weighted by Gasteiger charge is 2.47. The van der Waals surface area contributed by atoms with Gasteiger partial charge in [0, 0.05) is 12.6 Å². The van der Waals surface area contributed by atoms with Gasteiger partial charge in [-0.15, -0.1) is 0 Å². The van der Waals surface area contributed by atoms with E-state index in [0.717, 1.165) is 10.9 Å². The summed E-state index contributed by atoms with van der Waals surface area (Å²) in [5.74, 6) is -3.86. The lowest BCUT2D eigenvalue weighted by Crippen LogP contribution is -2.50. The van der Waals surface area contributed by atoms with Crippen molar-refractivity contribution in [2.75, 3.05) is 12.4 Å². The van der Waals surface area contributed by atoms with Crippen LogP contribution in [-0.4, -0.2) is 59.7 Å². The van der Waals surface area contributed by atoms with Crippen LogP contribution in [0.4, 0.5) is 26.3 Å². The fourth-order valence-corrected chi connectivity index (χ4v) is 6.16. The molecule has 0 saturated heterocycles. The van der Waals surface area contributed by atoms with E-state index in [-0.39, 0.29) is 34.8 Å². The number of nitrogens with zero attached hydrogens (tertiary/aromatic N) is 4. The predicted octanol–water partition coefficient (Wildman–Crippen LogP) is 3.22. The zero-order chi connectivity index (χ0) is 32.1. The molecule has 2 N–H and O–H groups in total. The lowest BCUT2D eigenvalue weighted by atomic mass is 9.82. The van der Waals surface area contributed by atoms with E-state index in [0.29, 0.717) is 24.0 Å². The molecule has 3 heterocycles. The Bertz CT molecular complexity index is 1800. The van der Waals surface area contributed by atoms with Gasteiger partial charge in [0.2, 0.25) is 10.0 Å². The normalized spacial score (nSPS) is 17.9. The van der Waals surface area contributed by atoms with Gasteiger partial charge in [-0.1, -0.05) is 6.07 Å². The summed E-state index contributed by atoms with van der Waals surface area (Å²) >= 11 is 0. The lowest BCUT2D eigenvalue weighted by Gasteiger charge is -2.35. The van der Waals surface area contributed by atoms with Crippen molar-refractivity contribution < 1.29 is 49.1 Å². The standard InChI is InChI=1S/C26H20F6N6O5S/c27-25(28,29)7-8-44(41,42)37-23(40)21-20-18(36-38(21)19-4-1-14(11-33)12-34-19)10-24(35-22(20)39)6-5-15-9-16(2-3-17(15)24)43-13-26(30,31)32/h1-4,9,12H,5-8,10,13H2,(H,35,39)(H,37,40)/t24-/m0/s1. The molecule has 18 heteroatoms. The number of amides is 2. The van der Waals surface area contributed by atoms with Gasteiger partial charge in [-0.25, -0.2) is 22.8 Å². The highest BCUT2D eigenvalue weighted by molar-refractivity contribution is 7.90. The van der Waals surface area contributed by atoms with Crippen LogP contribution >= 0.6 is 0 Å². The Kier molecular flexibility index (Phi) is 7.56. The van der Waals surface area contributed by atoms with E-state index in [9.17, 15) is 44.3 Å². The average Bonchev–Trinajstić information content (AvgIpc) is 3.49. The zero-order valence-electron chi connectivity index (χ0n) is 22.2. The van der Waals surface area contributed by atoms with E-state index < -0.39 is 64.2 Å². The van der Waals surface area contributed by atoms with Crippen LogP contribution in [0.15, 0.2) is 36.5 Å². The number of carbonyl (C=O) groups excluding carboxylic acids is 2. The summed E-state index contributed by atoms with van der Waals surface area (Å²) in [6.45, 7) is -1.49. The quantitative estimate of drug-likeness (QED) is 0.372. The third-order valence-electron chi connectivity index (χ3n) is 7.03. The van der Waals surface area contributed by atoms with Crippen LogP contribution in [0, 0.1) is 11.3 Å². The van der Waals surface area contributed by atoms with Crippen molar-refractivity contribution in [2.24, 2.45) is 0 Å². The maximum absolute atomic E-state index is 13.6.